The van der Waals surface area contributed by atoms with E-state index in [1.54, 1.807) is 30.7 Å². The number of rotatable bonds is 2. The molecule has 5 nitrogen and oxygen atoms in total. The van der Waals surface area contributed by atoms with Gasteiger partial charge in [0.1, 0.15) is 5.82 Å². The minimum atomic E-state index is -0.554. The summed E-state index contributed by atoms with van der Waals surface area (Å²) in [5, 5.41) is 1.59. The van der Waals surface area contributed by atoms with Crippen LogP contribution in [0.15, 0.2) is 24.3 Å². The summed E-state index contributed by atoms with van der Waals surface area (Å²) in [6.07, 6.45) is 0. The summed E-state index contributed by atoms with van der Waals surface area (Å²) >= 11 is 0. The Bertz CT molecular complexity index is 544. The molecule has 0 spiro atoms. The first-order valence-corrected chi connectivity index (χ1v) is 7.29. The summed E-state index contributed by atoms with van der Waals surface area (Å²) in [6.45, 7) is 7.25. The summed E-state index contributed by atoms with van der Waals surface area (Å²) in [5.74, 6) is -0.789. The topological polar surface area (TPSA) is 49.9 Å². The van der Waals surface area contributed by atoms with Gasteiger partial charge < -0.3 is 9.74 Å². The highest BCUT2D eigenvalue weighted by atomic mass is 19.1. The molecule has 0 aliphatic carbocycles. The van der Waals surface area contributed by atoms with E-state index in [1.807, 2.05) is 0 Å². The van der Waals surface area contributed by atoms with Crippen molar-refractivity contribution >= 4 is 11.9 Å². The van der Waals surface area contributed by atoms with Gasteiger partial charge in [-0.25, -0.2) is 9.18 Å². The van der Waals surface area contributed by atoms with Crippen LogP contribution in [0.5, 0.6) is 0 Å². The third-order valence-electron chi connectivity index (χ3n) is 3.44. The molecule has 2 rings (SSSR count). The van der Waals surface area contributed by atoms with Gasteiger partial charge in [-0.1, -0.05) is 0 Å². The van der Waals surface area contributed by atoms with Gasteiger partial charge >= 0.3 is 5.97 Å². The van der Waals surface area contributed by atoms with Gasteiger partial charge in [-0.15, -0.1) is 5.06 Å². The number of carbonyl (C=O) groups excluding carboxylic acids is 2. The number of carbonyl (C=O) groups is 2. The van der Waals surface area contributed by atoms with Crippen molar-refractivity contribution in [2.24, 2.45) is 5.41 Å². The third kappa shape index (κ3) is 4.04. The van der Waals surface area contributed by atoms with Crippen molar-refractivity contribution in [3.05, 3.63) is 35.6 Å². The Balaban J connectivity index is 1.88. The van der Waals surface area contributed by atoms with E-state index in [0.717, 1.165) is 0 Å². The normalized spacial score (nSPS) is 16.5. The zero-order valence-electron chi connectivity index (χ0n) is 13.1. The van der Waals surface area contributed by atoms with Gasteiger partial charge in [0.15, 0.2) is 0 Å². The fraction of sp³-hybridized carbons (Fsp3) is 0.500. The second-order valence-corrected chi connectivity index (χ2v) is 6.36. The van der Waals surface area contributed by atoms with E-state index in [9.17, 15) is 14.0 Å². The molecule has 1 aromatic rings. The molecule has 120 valence electrons. The average Bonchev–Trinajstić information content (AvgIpc) is 2.47. The zero-order valence-corrected chi connectivity index (χ0v) is 13.1. The molecule has 1 aliphatic heterocycles. The molecule has 1 aromatic carbocycles. The fourth-order valence-electron chi connectivity index (χ4n) is 2.01. The molecule has 1 aliphatic rings. The molecule has 0 N–H and O–H groups in total. The number of hydrogen-bond donors (Lipinski definition) is 0. The van der Waals surface area contributed by atoms with Crippen molar-refractivity contribution in [1.82, 2.24) is 9.96 Å². The van der Waals surface area contributed by atoms with Crippen molar-refractivity contribution in [2.75, 3.05) is 26.2 Å². The van der Waals surface area contributed by atoms with Crippen LogP contribution in [0.3, 0.4) is 0 Å². The largest absolute Gasteiger partial charge is 0.367 e. The summed E-state index contributed by atoms with van der Waals surface area (Å²) < 4.78 is 12.9. The van der Waals surface area contributed by atoms with Gasteiger partial charge in [-0.05, 0) is 45.0 Å². The SMILES string of the molecule is CC(C)(C)C(=O)ON1CCN(C(=O)c2ccc(F)cc2)CC1. The lowest BCUT2D eigenvalue weighted by molar-refractivity contribution is -0.205. The maximum atomic E-state index is 12.9. The first kappa shape index (κ1) is 16.4. The van der Waals surface area contributed by atoms with Crippen LogP contribution in [0, 0.1) is 11.2 Å². The van der Waals surface area contributed by atoms with Crippen molar-refractivity contribution in [2.45, 2.75) is 20.8 Å². The second-order valence-electron chi connectivity index (χ2n) is 6.36. The number of hydroxylamine groups is 2. The second kappa shape index (κ2) is 6.44. The summed E-state index contributed by atoms with van der Waals surface area (Å²) in [6, 6.07) is 5.50. The van der Waals surface area contributed by atoms with Gasteiger partial charge in [0.25, 0.3) is 5.91 Å². The molecule has 0 aromatic heterocycles. The number of hydrogen-bond acceptors (Lipinski definition) is 4. The molecule has 22 heavy (non-hydrogen) atoms. The number of piperazine rings is 1. The van der Waals surface area contributed by atoms with Gasteiger partial charge in [0.05, 0.1) is 18.5 Å². The van der Waals surface area contributed by atoms with Gasteiger partial charge in [0.2, 0.25) is 0 Å². The standard InChI is InChI=1S/C16H21FN2O3/c1-16(2,3)15(21)22-19-10-8-18(9-11-19)14(20)12-4-6-13(17)7-5-12/h4-7H,8-11H2,1-3H3. The Morgan fingerprint density at radius 2 is 1.59 bits per heavy atom. The molecule has 1 heterocycles. The molecular weight excluding hydrogens is 287 g/mol. The van der Waals surface area contributed by atoms with E-state index in [-0.39, 0.29) is 17.7 Å². The van der Waals surface area contributed by atoms with Crippen LogP contribution >= 0.6 is 0 Å². The average molecular weight is 308 g/mol. The molecule has 0 saturated carbocycles. The minimum absolute atomic E-state index is 0.137. The van der Waals surface area contributed by atoms with E-state index in [0.29, 0.717) is 31.7 Å². The van der Waals surface area contributed by atoms with E-state index < -0.39 is 5.41 Å². The molecule has 1 saturated heterocycles. The predicted octanol–water partition coefficient (Wildman–Crippen LogP) is 2.09. The van der Waals surface area contributed by atoms with Gasteiger partial charge in [-0.2, -0.15) is 0 Å². The molecule has 0 radical (unpaired) electrons. The van der Waals surface area contributed by atoms with E-state index >= 15 is 0 Å². The number of benzene rings is 1. The number of amides is 1. The Labute approximate surface area is 129 Å². The highest BCUT2D eigenvalue weighted by Crippen LogP contribution is 2.17. The smallest absolute Gasteiger partial charge is 0.330 e. The zero-order chi connectivity index (χ0) is 16.3. The molecule has 1 amide bonds. The summed E-state index contributed by atoms with van der Waals surface area (Å²) in [4.78, 5) is 31.1. The van der Waals surface area contributed by atoms with Crippen LogP contribution in [0.1, 0.15) is 31.1 Å². The van der Waals surface area contributed by atoms with Crippen LogP contribution < -0.4 is 0 Å². The van der Waals surface area contributed by atoms with Crippen molar-refractivity contribution in [3.8, 4) is 0 Å². The third-order valence-corrected chi connectivity index (χ3v) is 3.44. The quantitative estimate of drug-likeness (QED) is 0.839. The van der Waals surface area contributed by atoms with Crippen LogP contribution in [-0.4, -0.2) is 48.0 Å². The van der Waals surface area contributed by atoms with Gasteiger partial charge in [0, 0.05) is 18.7 Å². The Hall–Kier alpha value is -1.95. The van der Waals surface area contributed by atoms with Crippen molar-refractivity contribution in [3.63, 3.8) is 0 Å². The van der Waals surface area contributed by atoms with Crippen LogP contribution in [0.25, 0.3) is 0 Å². The number of halogens is 1. The maximum absolute atomic E-state index is 12.9. The lowest BCUT2D eigenvalue weighted by atomic mass is 9.98. The minimum Gasteiger partial charge on any atom is -0.367 e. The van der Waals surface area contributed by atoms with E-state index in [1.165, 1.54) is 24.3 Å². The highest BCUT2D eigenvalue weighted by Gasteiger charge is 2.29. The van der Waals surface area contributed by atoms with Crippen LogP contribution in [0.2, 0.25) is 0 Å². The first-order valence-electron chi connectivity index (χ1n) is 7.29. The molecule has 0 atom stereocenters. The Morgan fingerprint density at radius 1 is 1.05 bits per heavy atom. The lowest BCUT2D eigenvalue weighted by Gasteiger charge is -2.34. The van der Waals surface area contributed by atoms with Crippen LogP contribution in [-0.2, 0) is 9.63 Å². The first-order chi connectivity index (χ1) is 10.3. The molecular formula is C16H21FN2O3. The Morgan fingerprint density at radius 3 is 2.09 bits per heavy atom. The summed E-state index contributed by atoms with van der Waals surface area (Å²) in [7, 11) is 0. The van der Waals surface area contributed by atoms with E-state index in [2.05, 4.69) is 0 Å². The molecule has 1 fully saturated rings. The number of nitrogens with zero attached hydrogens (tertiary/aromatic N) is 2. The van der Waals surface area contributed by atoms with Crippen molar-refractivity contribution < 1.29 is 18.8 Å². The monoisotopic (exact) mass is 308 g/mol. The maximum Gasteiger partial charge on any atom is 0.330 e. The molecule has 0 unspecified atom stereocenters. The van der Waals surface area contributed by atoms with Crippen LogP contribution in [0.4, 0.5) is 4.39 Å². The summed E-state index contributed by atoms with van der Waals surface area (Å²) in [5.41, 5.74) is -0.0947. The molecule has 0 bridgehead atoms. The molecule has 6 heteroatoms. The lowest BCUT2D eigenvalue weighted by Crippen LogP contribution is -2.49. The van der Waals surface area contributed by atoms with Gasteiger partial charge in [-0.3, -0.25) is 4.79 Å². The fourth-order valence-corrected chi connectivity index (χ4v) is 2.01. The predicted molar refractivity (Wildman–Crippen MR) is 79.4 cm³/mol. The van der Waals surface area contributed by atoms with E-state index in [4.69, 9.17) is 4.84 Å². The Kier molecular flexibility index (Phi) is 4.81. The van der Waals surface area contributed by atoms with Crippen molar-refractivity contribution in [1.29, 1.82) is 0 Å². The highest BCUT2D eigenvalue weighted by molar-refractivity contribution is 5.94.